The van der Waals surface area contributed by atoms with Crippen molar-refractivity contribution in [2.24, 2.45) is 5.92 Å². The summed E-state index contributed by atoms with van der Waals surface area (Å²) in [7, 11) is 0. The molecule has 1 unspecified atom stereocenters. The van der Waals surface area contributed by atoms with Crippen molar-refractivity contribution in [2.75, 3.05) is 0 Å². The van der Waals surface area contributed by atoms with Gasteiger partial charge in [-0.1, -0.05) is 37.3 Å². The van der Waals surface area contributed by atoms with Crippen molar-refractivity contribution in [1.82, 2.24) is 0 Å². The third-order valence-electron chi connectivity index (χ3n) is 2.78. The second-order valence-corrected chi connectivity index (χ2v) is 3.87. The Balaban J connectivity index is 2.30. The molecule has 1 nitrogen and oxygen atoms in total. The Bertz CT molecular complexity index is 362. The van der Waals surface area contributed by atoms with Gasteiger partial charge in [0.1, 0.15) is 0 Å². The molecule has 0 aliphatic heterocycles. The summed E-state index contributed by atoms with van der Waals surface area (Å²) in [6, 6.07) is 10.0. The lowest BCUT2D eigenvalue weighted by atomic mass is 10.0. The highest BCUT2D eigenvalue weighted by Gasteiger charge is 2.24. The number of hydrogen-bond acceptors (Lipinski definition) is 1. The molecular formula is C13H14O. The SMILES string of the molecule is CC1CCC(=O)/C1=C\c1ccccc1. The van der Waals surface area contributed by atoms with Crippen LogP contribution in [0.5, 0.6) is 0 Å². The number of ketones is 1. The van der Waals surface area contributed by atoms with E-state index in [0.717, 1.165) is 24.0 Å². The average molecular weight is 186 g/mol. The fraction of sp³-hybridized carbons (Fsp3) is 0.308. The second kappa shape index (κ2) is 3.79. The first-order chi connectivity index (χ1) is 6.77. The van der Waals surface area contributed by atoms with Crippen LogP contribution in [0.4, 0.5) is 0 Å². The quantitative estimate of drug-likeness (QED) is 0.616. The molecule has 1 aromatic carbocycles. The first-order valence-corrected chi connectivity index (χ1v) is 5.07. The van der Waals surface area contributed by atoms with Crippen LogP contribution in [0.2, 0.25) is 0 Å². The van der Waals surface area contributed by atoms with E-state index in [4.69, 9.17) is 0 Å². The Labute approximate surface area is 84.5 Å². The minimum absolute atomic E-state index is 0.321. The van der Waals surface area contributed by atoms with E-state index in [1.54, 1.807) is 0 Å². The van der Waals surface area contributed by atoms with Crippen molar-refractivity contribution in [3.63, 3.8) is 0 Å². The lowest BCUT2D eigenvalue weighted by Gasteiger charge is -2.02. The van der Waals surface area contributed by atoms with Crippen LogP contribution >= 0.6 is 0 Å². The molecule has 0 spiro atoms. The molecule has 1 fully saturated rings. The minimum Gasteiger partial charge on any atom is -0.295 e. The van der Waals surface area contributed by atoms with Crippen LogP contribution in [0.1, 0.15) is 25.3 Å². The molecule has 1 atom stereocenters. The number of hydrogen-bond donors (Lipinski definition) is 0. The lowest BCUT2D eigenvalue weighted by molar-refractivity contribution is -0.114. The summed E-state index contributed by atoms with van der Waals surface area (Å²) in [6.45, 7) is 2.12. The minimum atomic E-state index is 0.321. The largest absolute Gasteiger partial charge is 0.295 e. The number of rotatable bonds is 1. The summed E-state index contributed by atoms with van der Waals surface area (Å²) in [4.78, 5) is 11.5. The Kier molecular flexibility index (Phi) is 2.49. The number of benzene rings is 1. The predicted molar refractivity (Wildman–Crippen MR) is 57.8 cm³/mol. The van der Waals surface area contributed by atoms with Crippen LogP contribution < -0.4 is 0 Å². The molecule has 0 amide bonds. The van der Waals surface area contributed by atoms with Gasteiger partial charge in [-0.25, -0.2) is 0 Å². The zero-order valence-corrected chi connectivity index (χ0v) is 8.36. The molecular weight excluding hydrogens is 172 g/mol. The summed E-state index contributed by atoms with van der Waals surface area (Å²) in [5.41, 5.74) is 2.13. The van der Waals surface area contributed by atoms with Gasteiger partial charge in [-0.3, -0.25) is 4.79 Å². The molecule has 0 bridgehead atoms. The summed E-state index contributed by atoms with van der Waals surface area (Å²) in [6.07, 6.45) is 3.76. The van der Waals surface area contributed by atoms with Gasteiger partial charge in [-0.05, 0) is 29.6 Å². The van der Waals surface area contributed by atoms with Gasteiger partial charge < -0.3 is 0 Å². The fourth-order valence-electron chi connectivity index (χ4n) is 1.87. The summed E-state index contributed by atoms with van der Waals surface area (Å²) >= 11 is 0. The number of carbonyl (C=O) groups excluding carboxylic acids is 1. The maximum Gasteiger partial charge on any atom is 0.159 e. The van der Waals surface area contributed by atoms with E-state index in [9.17, 15) is 4.79 Å². The van der Waals surface area contributed by atoms with Crippen LogP contribution in [0, 0.1) is 5.92 Å². The van der Waals surface area contributed by atoms with Gasteiger partial charge in [0, 0.05) is 6.42 Å². The van der Waals surface area contributed by atoms with Crippen molar-refractivity contribution in [1.29, 1.82) is 0 Å². The normalized spacial score (nSPS) is 24.5. The topological polar surface area (TPSA) is 17.1 Å². The number of Topliss-reactive ketones (excluding diaryl/α,β-unsaturated/α-hetero) is 1. The second-order valence-electron chi connectivity index (χ2n) is 3.87. The van der Waals surface area contributed by atoms with Gasteiger partial charge in [-0.2, -0.15) is 0 Å². The molecule has 1 saturated carbocycles. The van der Waals surface area contributed by atoms with Crippen LogP contribution in [-0.2, 0) is 4.79 Å². The molecule has 0 heterocycles. The van der Waals surface area contributed by atoms with Crippen LogP contribution in [0.3, 0.4) is 0 Å². The molecule has 1 aliphatic rings. The molecule has 0 saturated heterocycles. The molecule has 14 heavy (non-hydrogen) atoms. The van der Waals surface area contributed by atoms with Crippen molar-refractivity contribution in [2.45, 2.75) is 19.8 Å². The monoisotopic (exact) mass is 186 g/mol. The zero-order valence-electron chi connectivity index (χ0n) is 8.36. The van der Waals surface area contributed by atoms with Gasteiger partial charge in [-0.15, -0.1) is 0 Å². The van der Waals surface area contributed by atoms with Gasteiger partial charge in [0.05, 0.1) is 0 Å². The van der Waals surface area contributed by atoms with Gasteiger partial charge >= 0.3 is 0 Å². The van der Waals surface area contributed by atoms with E-state index in [1.807, 2.05) is 36.4 Å². The van der Waals surface area contributed by atoms with E-state index < -0.39 is 0 Å². The average Bonchev–Trinajstić information content (AvgIpc) is 2.51. The van der Waals surface area contributed by atoms with Gasteiger partial charge in [0.15, 0.2) is 5.78 Å². The lowest BCUT2D eigenvalue weighted by Crippen LogP contribution is -1.96. The highest BCUT2D eigenvalue weighted by atomic mass is 16.1. The third-order valence-corrected chi connectivity index (χ3v) is 2.78. The van der Waals surface area contributed by atoms with E-state index in [1.165, 1.54) is 0 Å². The van der Waals surface area contributed by atoms with Gasteiger partial charge in [0.2, 0.25) is 0 Å². The maximum atomic E-state index is 11.5. The van der Waals surface area contributed by atoms with E-state index in [2.05, 4.69) is 6.92 Å². The molecule has 2 rings (SSSR count). The molecule has 0 aromatic heterocycles. The van der Waals surface area contributed by atoms with Crippen molar-refractivity contribution in [3.05, 3.63) is 41.5 Å². The van der Waals surface area contributed by atoms with Crippen LogP contribution in [0.25, 0.3) is 6.08 Å². The Morgan fingerprint density at radius 1 is 1.29 bits per heavy atom. The highest BCUT2D eigenvalue weighted by Crippen LogP contribution is 2.28. The molecule has 72 valence electrons. The van der Waals surface area contributed by atoms with E-state index in [-0.39, 0.29) is 0 Å². The fourth-order valence-corrected chi connectivity index (χ4v) is 1.87. The molecule has 0 radical (unpaired) electrons. The first kappa shape index (κ1) is 9.20. The summed E-state index contributed by atoms with van der Waals surface area (Å²) in [5, 5.41) is 0. The number of allylic oxidation sites excluding steroid dienone is 1. The molecule has 1 aliphatic carbocycles. The standard InChI is InChI=1S/C13H14O/c1-10-7-8-13(14)12(10)9-11-5-3-2-4-6-11/h2-6,9-10H,7-8H2,1H3/b12-9-. The van der Waals surface area contributed by atoms with Crippen molar-refractivity contribution in [3.8, 4) is 0 Å². The third kappa shape index (κ3) is 1.77. The maximum absolute atomic E-state index is 11.5. The molecule has 0 N–H and O–H groups in total. The van der Waals surface area contributed by atoms with Crippen LogP contribution in [-0.4, -0.2) is 5.78 Å². The predicted octanol–water partition coefficient (Wildman–Crippen LogP) is 3.07. The highest BCUT2D eigenvalue weighted by molar-refractivity contribution is 6.01. The van der Waals surface area contributed by atoms with E-state index >= 15 is 0 Å². The van der Waals surface area contributed by atoms with Gasteiger partial charge in [0.25, 0.3) is 0 Å². The zero-order chi connectivity index (χ0) is 9.97. The summed E-state index contributed by atoms with van der Waals surface area (Å²) < 4.78 is 0. The van der Waals surface area contributed by atoms with E-state index in [0.29, 0.717) is 11.7 Å². The Morgan fingerprint density at radius 2 is 2.00 bits per heavy atom. The van der Waals surface area contributed by atoms with Crippen LogP contribution in [0.15, 0.2) is 35.9 Å². The molecule has 1 heteroatoms. The van der Waals surface area contributed by atoms with Crippen molar-refractivity contribution >= 4 is 11.9 Å². The number of carbonyl (C=O) groups is 1. The Hall–Kier alpha value is -1.37. The summed E-state index contributed by atoms with van der Waals surface area (Å²) in [5.74, 6) is 0.754. The smallest absolute Gasteiger partial charge is 0.159 e. The molecule has 1 aromatic rings. The Morgan fingerprint density at radius 3 is 2.57 bits per heavy atom. The van der Waals surface area contributed by atoms with Crippen molar-refractivity contribution < 1.29 is 4.79 Å². The first-order valence-electron chi connectivity index (χ1n) is 5.07.